The Morgan fingerprint density at radius 2 is 1.46 bits per heavy atom. The molecule has 0 radical (unpaired) electrons. The van der Waals surface area contributed by atoms with Gasteiger partial charge in [0.1, 0.15) is 0 Å². The lowest BCUT2D eigenvalue weighted by molar-refractivity contribution is 0.0526. The van der Waals surface area contributed by atoms with Crippen molar-refractivity contribution in [2.24, 2.45) is 0 Å². The van der Waals surface area contributed by atoms with Gasteiger partial charge in [0.25, 0.3) is 0 Å². The van der Waals surface area contributed by atoms with E-state index in [9.17, 15) is 4.79 Å². The SMILES string of the molecule is CCOC(=O)c1ccc(C=Cc2cc3c(cc2Cc2ccc(C)cc2)C(C)(C)CCC3(C)C)cc1. The number of ether oxygens (including phenoxy) is 1. The normalized spacial score (nSPS) is 16.2. The first-order chi connectivity index (χ1) is 16.6. The van der Waals surface area contributed by atoms with Gasteiger partial charge in [-0.15, -0.1) is 0 Å². The summed E-state index contributed by atoms with van der Waals surface area (Å²) in [5.41, 5.74) is 10.2. The number of benzene rings is 3. The fourth-order valence-corrected chi connectivity index (χ4v) is 5.04. The second kappa shape index (κ2) is 9.85. The van der Waals surface area contributed by atoms with Crippen LogP contribution < -0.4 is 0 Å². The molecule has 0 saturated carbocycles. The Hall–Kier alpha value is -3.13. The van der Waals surface area contributed by atoms with Gasteiger partial charge < -0.3 is 4.74 Å². The van der Waals surface area contributed by atoms with Crippen molar-refractivity contribution in [2.75, 3.05) is 6.61 Å². The highest BCUT2D eigenvalue weighted by Gasteiger charge is 2.37. The molecule has 2 heteroatoms. The highest BCUT2D eigenvalue weighted by molar-refractivity contribution is 5.89. The van der Waals surface area contributed by atoms with Gasteiger partial charge >= 0.3 is 5.97 Å². The molecule has 0 N–H and O–H groups in total. The van der Waals surface area contributed by atoms with Crippen molar-refractivity contribution >= 4 is 18.1 Å². The first-order valence-corrected chi connectivity index (χ1v) is 12.8. The molecule has 3 aromatic rings. The van der Waals surface area contributed by atoms with Crippen molar-refractivity contribution in [3.63, 3.8) is 0 Å². The zero-order chi connectivity index (χ0) is 25.2. The van der Waals surface area contributed by atoms with E-state index in [-0.39, 0.29) is 16.8 Å². The summed E-state index contributed by atoms with van der Waals surface area (Å²) in [4.78, 5) is 12.0. The van der Waals surface area contributed by atoms with Gasteiger partial charge in [-0.25, -0.2) is 4.79 Å². The Morgan fingerprint density at radius 1 is 0.857 bits per heavy atom. The van der Waals surface area contributed by atoms with E-state index in [0.29, 0.717) is 12.2 Å². The molecule has 0 spiro atoms. The molecule has 0 amide bonds. The summed E-state index contributed by atoms with van der Waals surface area (Å²) in [5.74, 6) is -0.275. The molecule has 0 aliphatic heterocycles. The Morgan fingerprint density at radius 3 is 2.06 bits per heavy atom. The molecule has 35 heavy (non-hydrogen) atoms. The molecule has 0 saturated heterocycles. The Bertz CT molecular complexity index is 1230. The lowest BCUT2D eigenvalue weighted by atomic mass is 9.62. The van der Waals surface area contributed by atoms with E-state index in [0.717, 1.165) is 12.0 Å². The van der Waals surface area contributed by atoms with E-state index in [1.54, 1.807) is 0 Å². The van der Waals surface area contributed by atoms with Gasteiger partial charge in [0.05, 0.1) is 12.2 Å². The van der Waals surface area contributed by atoms with Crippen LogP contribution in [0.3, 0.4) is 0 Å². The molecule has 1 aliphatic carbocycles. The summed E-state index contributed by atoms with van der Waals surface area (Å²) in [6.07, 6.45) is 7.70. The fourth-order valence-electron chi connectivity index (χ4n) is 5.04. The van der Waals surface area contributed by atoms with E-state index in [1.165, 1.54) is 46.2 Å². The van der Waals surface area contributed by atoms with Gasteiger partial charge in [0, 0.05) is 0 Å². The number of fused-ring (bicyclic) bond motifs is 1. The number of hydrogen-bond acceptors (Lipinski definition) is 2. The maximum absolute atomic E-state index is 12.0. The molecule has 4 rings (SSSR count). The standard InChI is InChI=1S/C33H38O2/c1-7-35-31(34)26-15-12-24(13-16-26)14-17-27-21-29-30(33(5,6)19-18-32(29,3)4)22-28(27)20-25-10-8-23(2)9-11-25/h8-17,21-22H,7,18-20H2,1-6H3. The molecule has 0 fully saturated rings. The topological polar surface area (TPSA) is 26.3 Å². The van der Waals surface area contributed by atoms with Crippen LogP contribution in [0.2, 0.25) is 0 Å². The van der Waals surface area contributed by atoms with E-state index in [2.05, 4.69) is 83.2 Å². The molecule has 1 aliphatic rings. The van der Waals surface area contributed by atoms with Gasteiger partial charge in [-0.2, -0.15) is 0 Å². The number of hydrogen-bond donors (Lipinski definition) is 0. The van der Waals surface area contributed by atoms with Crippen LogP contribution in [0.15, 0.2) is 60.7 Å². The van der Waals surface area contributed by atoms with Crippen molar-refractivity contribution in [3.8, 4) is 0 Å². The van der Waals surface area contributed by atoms with Crippen LogP contribution >= 0.6 is 0 Å². The highest BCUT2D eigenvalue weighted by atomic mass is 16.5. The van der Waals surface area contributed by atoms with Crippen molar-refractivity contribution in [1.82, 2.24) is 0 Å². The minimum Gasteiger partial charge on any atom is -0.462 e. The Balaban J connectivity index is 1.74. The average Bonchev–Trinajstić information content (AvgIpc) is 2.83. The van der Waals surface area contributed by atoms with E-state index in [1.807, 2.05) is 31.2 Å². The van der Waals surface area contributed by atoms with Gasteiger partial charge in [-0.3, -0.25) is 0 Å². The van der Waals surface area contributed by atoms with Gasteiger partial charge in [0.2, 0.25) is 0 Å². The van der Waals surface area contributed by atoms with E-state index in [4.69, 9.17) is 4.74 Å². The van der Waals surface area contributed by atoms with Crippen LogP contribution in [0.4, 0.5) is 0 Å². The predicted molar refractivity (Wildman–Crippen MR) is 147 cm³/mol. The lowest BCUT2D eigenvalue weighted by Gasteiger charge is -2.42. The number of rotatable bonds is 6. The van der Waals surface area contributed by atoms with E-state index >= 15 is 0 Å². The third-order valence-corrected chi connectivity index (χ3v) is 7.50. The average molecular weight is 467 g/mol. The molecule has 0 atom stereocenters. The first-order valence-electron chi connectivity index (χ1n) is 12.8. The quantitative estimate of drug-likeness (QED) is 0.270. The molecule has 2 nitrogen and oxygen atoms in total. The summed E-state index contributed by atoms with van der Waals surface area (Å²) >= 11 is 0. The molecule has 0 aromatic heterocycles. The number of esters is 1. The number of carbonyl (C=O) groups is 1. The first kappa shape index (κ1) is 25.0. The second-order valence-electron chi connectivity index (χ2n) is 11.2. The van der Waals surface area contributed by atoms with Gasteiger partial charge in [-0.1, -0.05) is 93.9 Å². The summed E-state index contributed by atoms with van der Waals surface area (Å²) in [5, 5.41) is 0. The van der Waals surface area contributed by atoms with Crippen molar-refractivity contribution in [2.45, 2.75) is 71.6 Å². The zero-order valence-electron chi connectivity index (χ0n) is 22.1. The smallest absolute Gasteiger partial charge is 0.338 e. The van der Waals surface area contributed by atoms with Crippen molar-refractivity contribution < 1.29 is 9.53 Å². The summed E-state index contributed by atoms with van der Waals surface area (Å²) < 4.78 is 5.11. The third kappa shape index (κ3) is 5.59. The maximum atomic E-state index is 12.0. The fraction of sp³-hybridized carbons (Fsp3) is 0.364. The Kier molecular flexibility index (Phi) is 7.03. The second-order valence-corrected chi connectivity index (χ2v) is 11.2. The molecule has 0 heterocycles. The molecule has 182 valence electrons. The van der Waals surface area contributed by atoms with E-state index < -0.39 is 0 Å². The van der Waals surface area contributed by atoms with Crippen molar-refractivity contribution in [3.05, 3.63) is 105 Å². The number of carbonyl (C=O) groups excluding carboxylic acids is 1. The van der Waals surface area contributed by atoms with Gasteiger partial charge in [0.15, 0.2) is 0 Å². The minimum atomic E-state index is -0.275. The molecule has 0 bridgehead atoms. The van der Waals surface area contributed by atoms with Crippen LogP contribution in [0.25, 0.3) is 12.2 Å². The monoisotopic (exact) mass is 466 g/mol. The Labute approximate surface area is 211 Å². The lowest BCUT2D eigenvalue weighted by Crippen LogP contribution is -2.34. The molecular weight excluding hydrogens is 428 g/mol. The van der Waals surface area contributed by atoms with Crippen LogP contribution in [0.5, 0.6) is 0 Å². The van der Waals surface area contributed by atoms with Crippen molar-refractivity contribution in [1.29, 1.82) is 0 Å². The molecule has 0 unspecified atom stereocenters. The van der Waals surface area contributed by atoms with Crippen LogP contribution in [0.1, 0.15) is 96.8 Å². The predicted octanol–water partition coefficient (Wildman–Crippen LogP) is 8.28. The highest BCUT2D eigenvalue weighted by Crippen LogP contribution is 2.47. The van der Waals surface area contributed by atoms with Crippen LogP contribution in [-0.4, -0.2) is 12.6 Å². The molecule has 3 aromatic carbocycles. The number of aryl methyl sites for hydroxylation is 1. The van der Waals surface area contributed by atoms with Crippen LogP contribution in [0, 0.1) is 6.92 Å². The largest absolute Gasteiger partial charge is 0.462 e. The summed E-state index contributed by atoms with van der Waals surface area (Å²) in [6.45, 7) is 13.9. The third-order valence-electron chi connectivity index (χ3n) is 7.50. The zero-order valence-corrected chi connectivity index (χ0v) is 22.1. The molecular formula is C33H38O2. The van der Waals surface area contributed by atoms with Crippen LogP contribution in [-0.2, 0) is 22.0 Å². The van der Waals surface area contributed by atoms with Gasteiger partial charge in [-0.05, 0) is 89.5 Å². The summed E-state index contributed by atoms with van der Waals surface area (Å²) in [6, 6.07) is 21.4. The summed E-state index contributed by atoms with van der Waals surface area (Å²) in [7, 11) is 0. The maximum Gasteiger partial charge on any atom is 0.338 e. The minimum absolute atomic E-state index is 0.164.